The quantitative estimate of drug-likeness (QED) is 0.635. The molecule has 3 rings (SSSR count). The smallest absolute Gasteiger partial charge is 0.367 e. The molecule has 1 aliphatic carbocycles. The van der Waals surface area contributed by atoms with E-state index in [1.54, 1.807) is 38.1 Å². The van der Waals surface area contributed by atoms with E-state index in [0.29, 0.717) is 11.0 Å². The lowest BCUT2D eigenvalue weighted by atomic mass is 9.60. The monoisotopic (exact) mass is 460 g/mol. The van der Waals surface area contributed by atoms with Crippen LogP contribution in [-0.4, -0.2) is 37.8 Å². The predicted molar refractivity (Wildman–Crippen MR) is 110 cm³/mol. The number of alkyl halides is 5. The Morgan fingerprint density at radius 2 is 1.80 bits per heavy atom. The van der Waals surface area contributed by atoms with Crippen LogP contribution in [0.15, 0.2) is 48.1 Å². The normalized spacial score (nSPS) is 26.4. The standard InChI is InChI=1S/C20H21Cl2F3N4O/c1-3-15(21)18(16(22)4-2)11-12(20(23,24)25)9-10-19(18,17(26)30)29-14-8-6-5-7-13(14)27-28-29/h5-11,15-16H,3-4H2,1-2H3,(H2,26,30). The lowest BCUT2D eigenvalue weighted by Gasteiger charge is -2.52. The van der Waals surface area contributed by atoms with E-state index in [-0.39, 0.29) is 12.8 Å². The van der Waals surface area contributed by atoms with Crippen molar-refractivity contribution in [2.24, 2.45) is 11.1 Å². The number of hydrogen-bond donors (Lipinski definition) is 1. The third-order valence-corrected chi connectivity index (χ3v) is 7.04. The van der Waals surface area contributed by atoms with E-state index in [4.69, 9.17) is 28.9 Å². The summed E-state index contributed by atoms with van der Waals surface area (Å²) in [6.45, 7) is 3.42. The fraction of sp³-hybridized carbons (Fsp3) is 0.450. The van der Waals surface area contributed by atoms with Crippen molar-refractivity contribution in [2.75, 3.05) is 0 Å². The van der Waals surface area contributed by atoms with Crippen molar-refractivity contribution in [2.45, 2.75) is 49.2 Å². The van der Waals surface area contributed by atoms with Crippen LogP contribution in [0.25, 0.3) is 11.0 Å². The van der Waals surface area contributed by atoms with E-state index in [9.17, 15) is 18.0 Å². The van der Waals surface area contributed by atoms with E-state index in [1.165, 1.54) is 4.68 Å². The first-order chi connectivity index (χ1) is 14.1. The van der Waals surface area contributed by atoms with Gasteiger partial charge in [0.2, 0.25) is 0 Å². The van der Waals surface area contributed by atoms with Gasteiger partial charge in [0, 0.05) is 10.8 Å². The number of allylic oxidation sites excluding steroid dienone is 3. The maximum absolute atomic E-state index is 13.7. The molecule has 0 spiro atoms. The number of amides is 1. The molecule has 10 heteroatoms. The third kappa shape index (κ3) is 3.12. The SMILES string of the molecule is CCC(Cl)C1(C(Cl)CC)C=C(C(F)(F)F)C=CC1(C(N)=O)n1nnc2ccccc21. The van der Waals surface area contributed by atoms with Crippen molar-refractivity contribution < 1.29 is 18.0 Å². The molecule has 0 saturated carbocycles. The fourth-order valence-corrected chi connectivity index (χ4v) is 5.09. The molecule has 3 atom stereocenters. The highest BCUT2D eigenvalue weighted by Gasteiger charge is 2.64. The minimum absolute atomic E-state index is 0.238. The molecule has 0 bridgehead atoms. The van der Waals surface area contributed by atoms with Gasteiger partial charge in [0.15, 0.2) is 5.54 Å². The Bertz CT molecular complexity index is 1010. The molecular weight excluding hydrogens is 440 g/mol. The second-order valence-corrected chi connectivity index (χ2v) is 8.29. The molecule has 0 radical (unpaired) electrons. The molecule has 1 aliphatic rings. The molecule has 1 aromatic heterocycles. The summed E-state index contributed by atoms with van der Waals surface area (Å²) in [5.74, 6) is -0.926. The van der Waals surface area contributed by atoms with Crippen molar-refractivity contribution >= 4 is 40.1 Å². The van der Waals surface area contributed by atoms with Gasteiger partial charge in [0.1, 0.15) is 5.52 Å². The Morgan fingerprint density at radius 1 is 1.20 bits per heavy atom. The van der Waals surface area contributed by atoms with Crippen LogP contribution in [-0.2, 0) is 10.3 Å². The summed E-state index contributed by atoms with van der Waals surface area (Å²) in [7, 11) is 0. The number of fused-ring (bicyclic) bond motifs is 1. The number of primary amides is 1. The maximum Gasteiger partial charge on any atom is 0.416 e. The predicted octanol–water partition coefficient (Wildman–Crippen LogP) is 4.69. The van der Waals surface area contributed by atoms with Gasteiger partial charge in [-0.25, -0.2) is 4.68 Å². The number of rotatable bonds is 6. The van der Waals surface area contributed by atoms with Crippen LogP contribution in [0.1, 0.15) is 26.7 Å². The van der Waals surface area contributed by atoms with Gasteiger partial charge < -0.3 is 5.73 Å². The number of halogens is 5. The van der Waals surface area contributed by atoms with Gasteiger partial charge in [-0.15, -0.1) is 28.3 Å². The topological polar surface area (TPSA) is 73.8 Å². The van der Waals surface area contributed by atoms with Crippen LogP contribution in [0.4, 0.5) is 13.2 Å². The molecule has 30 heavy (non-hydrogen) atoms. The lowest BCUT2D eigenvalue weighted by molar-refractivity contribution is -0.130. The summed E-state index contributed by atoms with van der Waals surface area (Å²) in [6, 6.07) is 6.77. The number of carbonyl (C=O) groups is 1. The van der Waals surface area contributed by atoms with Crippen molar-refractivity contribution in [3.63, 3.8) is 0 Å². The van der Waals surface area contributed by atoms with Crippen LogP contribution >= 0.6 is 23.2 Å². The molecule has 162 valence electrons. The minimum Gasteiger partial charge on any atom is -0.367 e. The number of carbonyl (C=O) groups excluding carboxylic acids is 1. The summed E-state index contributed by atoms with van der Waals surface area (Å²) in [6.07, 6.45) is -1.28. The first-order valence-electron chi connectivity index (χ1n) is 9.44. The Balaban J connectivity index is 2.47. The first-order valence-corrected chi connectivity index (χ1v) is 10.3. The van der Waals surface area contributed by atoms with Crippen LogP contribution in [0.2, 0.25) is 0 Å². The van der Waals surface area contributed by atoms with E-state index in [2.05, 4.69) is 10.3 Å². The number of para-hydroxylation sites is 1. The Labute approximate surface area is 181 Å². The molecular formula is C20H21Cl2F3N4O. The number of aromatic nitrogens is 3. The highest BCUT2D eigenvalue weighted by Crippen LogP contribution is 2.56. The van der Waals surface area contributed by atoms with Gasteiger partial charge in [-0.1, -0.05) is 43.3 Å². The average Bonchev–Trinajstić information content (AvgIpc) is 3.15. The first kappa shape index (κ1) is 22.6. The zero-order valence-corrected chi connectivity index (χ0v) is 17.8. The van der Waals surface area contributed by atoms with Crippen molar-refractivity contribution in [3.05, 3.63) is 48.1 Å². The number of nitrogens with zero attached hydrogens (tertiary/aromatic N) is 3. The molecule has 1 aromatic carbocycles. The van der Waals surface area contributed by atoms with Crippen molar-refractivity contribution in [1.29, 1.82) is 0 Å². The minimum atomic E-state index is -4.66. The van der Waals surface area contributed by atoms with Crippen LogP contribution in [0.3, 0.4) is 0 Å². The summed E-state index contributed by atoms with van der Waals surface area (Å²) in [4.78, 5) is 13.1. The Kier molecular flexibility index (Phi) is 5.95. The summed E-state index contributed by atoms with van der Waals surface area (Å²) in [5, 5.41) is 6.26. The van der Waals surface area contributed by atoms with Gasteiger partial charge in [-0.2, -0.15) is 13.2 Å². The van der Waals surface area contributed by atoms with Crippen LogP contribution in [0, 0.1) is 5.41 Å². The van der Waals surface area contributed by atoms with Gasteiger partial charge in [-0.05, 0) is 31.1 Å². The Morgan fingerprint density at radius 3 is 2.33 bits per heavy atom. The number of hydrogen-bond acceptors (Lipinski definition) is 3. The molecule has 1 heterocycles. The second kappa shape index (κ2) is 7.89. The fourth-order valence-electron chi connectivity index (χ4n) is 4.26. The van der Waals surface area contributed by atoms with Crippen molar-refractivity contribution in [1.82, 2.24) is 15.0 Å². The maximum atomic E-state index is 13.7. The molecule has 5 nitrogen and oxygen atoms in total. The molecule has 3 unspecified atom stereocenters. The number of nitrogens with two attached hydrogens (primary N) is 1. The molecule has 2 N–H and O–H groups in total. The third-order valence-electron chi connectivity index (χ3n) is 5.70. The molecule has 0 saturated heterocycles. The zero-order valence-electron chi connectivity index (χ0n) is 16.3. The van der Waals surface area contributed by atoms with Gasteiger partial charge in [0.25, 0.3) is 5.91 Å². The molecule has 1 amide bonds. The zero-order chi connectivity index (χ0) is 22.3. The van der Waals surface area contributed by atoms with Gasteiger partial charge in [-0.3, -0.25) is 4.79 Å². The number of benzene rings is 1. The summed E-state index contributed by atoms with van der Waals surface area (Å²) in [5.41, 5.74) is 2.21. The van der Waals surface area contributed by atoms with E-state index in [1.807, 2.05) is 0 Å². The summed E-state index contributed by atoms with van der Waals surface area (Å²) < 4.78 is 42.4. The van der Waals surface area contributed by atoms with E-state index >= 15 is 0 Å². The molecule has 0 aliphatic heterocycles. The highest BCUT2D eigenvalue weighted by atomic mass is 35.5. The lowest BCUT2D eigenvalue weighted by Crippen LogP contribution is -2.65. The van der Waals surface area contributed by atoms with Crippen LogP contribution < -0.4 is 5.73 Å². The van der Waals surface area contributed by atoms with Crippen LogP contribution in [0.5, 0.6) is 0 Å². The highest BCUT2D eigenvalue weighted by molar-refractivity contribution is 6.25. The van der Waals surface area contributed by atoms with Crippen molar-refractivity contribution in [3.8, 4) is 0 Å². The average molecular weight is 461 g/mol. The Hall–Kier alpha value is -2.06. The van der Waals surface area contributed by atoms with E-state index < -0.39 is 39.4 Å². The molecule has 0 fully saturated rings. The van der Waals surface area contributed by atoms with Gasteiger partial charge in [0.05, 0.1) is 16.5 Å². The molecule has 2 aromatic rings. The summed E-state index contributed by atoms with van der Waals surface area (Å²) >= 11 is 13.4. The second-order valence-electron chi connectivity index (χ2n) is 7.24. The van der Waals surface area contributed by atoms with Gasteiger partial charge >= 0.3 is 6.18 Å². The van der Waals surface area contributed by atoms with E-state index in [0.717, 1.165) is 18.2 Å². The largest absolute Gasteiger partial charge is 0.416 e.